The van der Waals surface area contributed by atoms with Gasteiger partial charge in [-0.15, -0.1) is 0 Å². The van der Waals surface area contributed by atoms with E-state index in [1.54, 1.807) is 0 Å². The van der Waals surface area contributed by atoms with Crippen LogP contribution in [0.3, 0.4) is 0 Å². The predicted molar refractivity (Wildman–Crippen MR) is 76.5 cm³/mol. The highest BCUT2D eigenvalue weighted by molar-refractivity contribution is 9.10. The maximum atomic E-state index is 10.8. The number of rotatable bonds is 2. The van der Waals surface area contributed by atoms with E-state index in [1.807, 2.05) is 0 Å². The van der Waals surface area contributed by atoms with Crippen molar-refractivity contribution in [2.24, 2.45) is 0 Å². The number of halogens is 2. The molecule has 0 saturated carbocycles. The van der Waals surface area contributed by atoms with Gasteiger partial charge in [-0.25, -0.2) is 0 Å². The smallest absolute Gasteiger partial charge is 0.272 e. The number of anilines is 1. The van der Waals surface area contributed by atoms with E-state index in [0.29, 0.717) is 15.5 Å². The van der Waals surface area contributed by atoms with Crippen LogP contribution in [-0.4, -0.2) is 17.5 Å². The second-order valence-electron chi connectivity index (χ2n) is 4.55. The molecule has 6 heteroatoms. The third kappa shape index (κ3) is 2.62. The molecule has 1 aromatic carbocycles. The molecule has 1 saturated heterocycles. The van der Waals surface area contributed by atoms with Gasteiger partial charge in [0.25, 0.3) is 5.69 Å². The van der Waals surface area contributed by atoms with Crippen LogP contribution in [0.2, 0.25) is 5.02 Å². The van der Waals surface area contributed by atoms with E-state index in [0.717, 1.165) is 25.1 Å². The van der Waals surface area contributed by atoms with Crippen molar-refractivity contribution in [3.8, 4) is 0 Å². The molecule has 1 aliphatic rings. The minimum Gasteiger partial charge on any atom is -0.367 e. The maximum absolute atomic E-state index is 10.8. The van der Waals surface area contributed by atoms with Crippen LogP contribution in [0.1, 0.15) is 26.2 Å². The number of piperidine rings is 1. The minimum atomic E-state index is -0.431. The summed E-state index contributed by atoms with van der Waals surface area (Å²) in [6, 6.07) is 3.35. The fraction of sp³-hybridized carbons (Fsp3) is 0.500. The summed E-state index contributed by atoms with van der Waals surface area (Å²) in [6.07, 6.45) is 3.48. The molecule has 1 heterocycles. The first-order valence-corrected chi connectivity index (χ1v) is 7.08. The van der Waals surface area contributed by atoms with E-state index in [9.17, 15) is 10.1 Å². The number of nitrogens with zero attached hydrogens (tertiary/aromatic N) is 2. The molecule has 0 radical (unpaired) electrons. The molecule has 0 N–H and O–H groups in total. The summed E-state index contributed by atoms with van der Waals surface area (Å²) in [4.78, 5) is 12.6. The Morgan fingerprint density at radius 3 is 2.78 bits per heavy atom. The van der Waals surface area contributed by atoms with Gasteiger partial charge in [0, 0.05) is 29.2 Å². The Labute approximate surface area is 119 Å². The zero-order chi connectivity index (χ0) is 13.3. The Kier molecular flexibility index (Phi) is 4.12. The molecule has 0 aliphatic carbocycles. The average Bonchev–Trinajstić information content (AvgIpc) is 2.30. The van der Waals surface area contributed by atoms with Crippen LogP contribution in [0.5, 0.6) is 0 Å². The Morgan fingerprint density at radius 2 is 2.22 bits per heavy atom. The molecule has 0 bridgehead atoms. The highest BCUT2D eigenvalue weighted by Crippen LogP contribution is 2.40. The van der Waals surface area contributed by atoms with Crippen LogP contribution in [-0.2, 0) is 0 Å². The summed E-state index contributed by atoms with van der Waals surface area (Å²) in [7, 11) is 0. The molecular formula is C12H14BrClN2O2. The summed E-state index contributed by atoms with van der Waals surface area (Å²) < 4.78 is 0.690. The molecule has 1 fully saturated rings. The average molecular weight is 334 g/mol. The van der Waals surface area contributed by atoms with Crippen molar-refractivity contribution in [2.75, 3.05) is 11.4 Å². The van der Waals surface area contributed by atoms with Gasteiger partial charge in [0.15, 0.2) is 0 Å². The molecule has 0 amide bonds. The standard InChI is InChI=1S/C12H14BrClN2O2/c1-8-4-2-3-5-15(8)12-10(13)6-9(16(17)18)7-11(12)14/h6-8H,2-5H2,1H3/t8-/m0/s1. The minimum absolute atomic E-state index is 0.0142. The van der Waals surface area contributed by atoms with Crippen molar-refractivity contribution < 1.29 is 4.92 Å². The monoisotopic (exact) mass is 332 g/mol. The molecule has 1 atom stereocenters. The molecule has 2 rings (SSSR count). The first kappa shape index (κ1) is 13.6. The van der Waals surface area contributed by atoms with Gasteiger partial charge < -0.3 is 4.90 Å². The van der Waals surface area contributed by atoms with Crippen molar-refractivity contribution >= 4 is 38.9 Å². The number of nitro groups is 1. The number of nitro benzene ring substituents is 1. The fourth-order valence-corrected chi connectivity index (χ4v) is 3.47. The number of non-ortho nitro benzene ring substituents is 1. The highest BCUT2D eigenvalue weighted by Gasteiger charge is 2.24. The first-order chi connectivity index (χ1) is 8.50. The second kappa shape index (κ2) is 5.45. The molecular weight excluding hydrogens is 320 g/mol. The van der Waals surface area contributed by atoms with Gasteiger partial charge in [-0.05, 0) is 42.1 Å². The summed E-state index contributed by atoms with van der Waals surface area (Å²) >= 11 is 9.60. The van der Waals surface area contributed by atoms with E-state index in [-0.39, 0.29) is 5.69 Å². The SMILES string of the molecule is C[C@H]1CCCCN1c1c(Cl)cc([N+](=O)[O-])cc1Br. The topological polar surface area (TPSA) is 46.4 Å². The van der Waals surface area contributed by atoms with Crippen molar-refractivity contribution in [1.82, 2.24) is 0 Å². The van der Waals surface area contributed by atoms with E-state index >= 15 is 0 Å². The summed E-state index contributed by atoms with van der Waals surface area (Å²) in [5, 5.41) is 11.2. The largest absolute Gasteiger partial charge is 0.367 e. The Hall–Kier alpha value is -0.810. The van der Waals surface area contributed by atoms with Gasteiger partial charge in [0.2, 0.25) is 0 Å². The Morgan fingerprint density at radius 1 is 1.50 bits per heavy atom. The van der Waals surface area contributed by atoms with Gasteiger partial charge in [0.1, 0.15) is 0 Å². The Bertz CT molecular complexity index is 458. The lowest BCUT2D eigenvalue weighted by Gasteiger charge is -2.36. The summed E-state index contributed by atoms with van der Waals surface area (Å²) in [5.74, 6) is 0. The normalized spacial score (nSPS) is 19.9. The zero-order valence-electron chi connectivity index (χ0n) is 10.0. The molecule has 0 spiro atoms. The first-order valence-electron chi connectivity index (χ1n) is 5.91. The van der Waals surface area contributed by atoms with Crippen molar-refractivity contribution in [3.05, 3.63) is 31.7 Å². The van der Waals surface area contributed by atoms with E-state index in [4.69, 9.17) is 11.6 Å². The number of benzene rings is 1. The maximum Gasteiger partial charge on any atom is 0.272 e. The lowest BCUT2D eigenvalue weighted by molar-refractivity contribution is -0.384. The molecule has 4 nitrogen and oxygen atoms in total. The van der Waals surface area contributed by atoms with Gasteiger partial charge in [-0.3, -0.25) is 10.1 Å². The van der Waals surface area contributed by atoms with Gasteiger partial charge >= 0.3 is 0 Å². The summed E-state index contributed by atoms with van der Waals surface area (Å²) in [6.45, 7) is 3.10. The van der Waals surface area contributed by atoms with Crippen LogP contribution in [0.15, 0.2) is 16.6 Å². The van der Waals surface area contributed by atoms with Gasteiger partial charge in [-0.1, -0.05) is 11.6 Å². The molecule has 1 aliphatic heterocycles. The fourth-order valence-electron chi connectivity index (χ4n) is 2.36. The zero-order valence-corrected chi connectivity index (χ0v) is 12.4. The quantitative estimate of drug-likeness (QED) is 0.595. The summed E-state index contributed by atoms with van der Waals surface area (Å²) in [5.41, 5.74) is 0.884. The van der Waals surface area contributed by atoms with E-state index < -0.39 is 4.92 Å². The van der Waals surface area contributed by atoms with Crippen LogP contribution in [0.25, 0.3) is 0 Å². The van der Waals surface area contributed by atoms with Crippen LogP contribution in [0.4, 0.5) is 11.4 Å². The van der Waals surface area contributed by atoms with Gasteiger partial charge in [-0.2, -0.15) is 0 Å². The molecule has 0 unspecified atom stereocenters. The highest BCUT2D eigenvalue weighted by atomic mass is 79.9. The lowest BCUT2D eigenvalue weighted by atomic mass is 10.0. The van der Waals surface area contributed by atoms with Crippen LogP contribution >= 0.6 is 27.5 Å². The van der Waals surface area contributed by atoms with Crippen molar-refractivity contribution in [3.63, 3.8) is 0 Å². The van der Waals surface area contributed by atoms with Crippen molar-refractivity contribution in [1.29, 1.82) is 0 Å². The van der Waals surface area contributed by atoms with Gasteiger partial charge in [0.05, 0.1) is 15.6 Å². The second-order valence-corrected chi connectivity index (χ2v) is 5.81. The third-order valence-corrected chi connectivity index (χ3v) is 4.20. The van der Waals surface area contributed by atoms with Crippen LogP contribution in [0, 0.1) is 10.1 Å². The molecule has 98 valence electrons. The number of hydrogen-bond donors (Lipinski definition) is 0. The Balaban J connectivity index is 2.41. The lowest BCUT2D eigenvalue weighted by Crippen LogP contribution is -2.37. The molecule has 0 aromatic heterocycles. The van der Waals surface area contributed by atoms with E-state index in [1.165, 1.54) is 18.6 Å². The molecule has 18 heavy (non-hydrogen) atoms. The van der Waals surface area contributed by atoms with Crippen LogP contribution < -0.4 is 4.90 Å². The predicted octanol–water partition coefficient (Wildman–Crippen LogP) is 4.39. The van der Waals surface area contributed by atoms with E-state index in [2.05, 4.69) is 27.8 Å². The van der Waals surface area contributed by atoms with Crippen molar-refractivity contribution in [2.45, 2.75) is 32.2 Å². The third-order valence-electron chi connectivity index (χ3n) is 3.30. The number of hydrogen-bond acceptors (Lipinski definition) is 3. The molecule has 1 aromatic rings.